The Morgan fingerprint density at radius 1 is 1.28 bits per heavy atom. The number of hydrogen-bond acceptors (Lipinski definition) is 6. The first-order chi connectivity index (χ1) is 11.8. The molecule has 1 aliphatic heterocycles. The molecular weight excluding hydrogens is 412 g/mol. The van der Waals surface area contributed by atoms with E-state index in [-0.39, 0.29) is 18.0 Å². The minimum Gasteiger partial charge on any atom is -0.383 e. The van der Waals surface area contributed by atoms with Gasteiger partial charge in [0, 0.05) is 44.0 Å². The largest absolute Gasteiger partial charge is 0.383 e. The van der Waals surface area contributed by atoms with E-state index in [9.17, 15) is 13.5 Å². The Hall–Kier alpha value is -0.710. The SMILES string of the molecule is COCCN(CCOC)S(=O)(=O)c1cc2c(cc1Br)CCN2C(C)O. The van der Waals surface area contributed by atoms with E-state index in [1.54, 1.807) is 17.9 Å². The Bertz CT molecular complexity index is 688. The lowest BCUT2D eigenvalue weighted by Crippen LogP contribution is -2.37. The van der Waals surface area contributed by atoms with Gasteiger partial charge < -0.3 is 19.5 Å². The minimum atomic E-state index is -3.73. The van der Waals surface area contributed by atoms with Crippen LogP contribution < -0.4 is 4.90 Å². The molecule has 9 heteroatoms. The molecule has 25 heavy (non-hydrogen) atoms. The highest BCUT2D eigenvalue weighted by atomic mass is 79.9. The average molecular weight is 437 g/mol. The standard InChI is InChI=1S/C16H25BrN2O5S/c1-12(20)19-5-4-13-10-14(17)16(11-15(13)19)25(21,22)18(6-8-23-2)7-9-24-3/h10-12,20H,4-9H2,1-3H3. The van der Waals surface area contributed by atoms with Crippen molar-refractivity contribution in [2.45, 2.75) is 24.5 Å². The van der Waals surface area contributed by atoms with E-state index in [2.05, 4.69) is 15.9 Å². The predicted octanol–water partition coefficient (Wildman–Crippen LogP) is 1.43. The molecule has 0 saturated heterocycles. The zero-order valence-electron chi connectivity index (χ0n) is 14.7. The first-order valence-electron chi connectivity index (χ1n) is 8.08. The third-order valence-electron chi connectivity index (χ3n) is 4.22. The molecule has 0 fully saturated rings. The molecule has 0 aliphatic carbocycles. The number of hydrogen-bond donors (Lipinski definition) is 1. The number of benzene rings is 1. The van der Waals surface area contributed by atoms with Crippen LogP contribution in [0.25, 0.3) is 0 Å². The lowest BCUT2D eigenvalue weighted by atomic mass is 10.2. The van der Waals surface area contributed by atoms with Crippen molar-refractivity contribution in [3.05, 3.63) is 22.2 Å². The third kappa shape index (κ3) is 4.53. The van der Waals surface area contributed by atoms with E-state index in [1.807, 2.05) is 6.07 Å². The fourth-order valence-corrected chi connectivity index (χ4v) is 5.35. The van der Waals surface area contributed by atoms with E-state index < -0.39 is 16.3 Å². The lowest BCUT2D eigenvalue weighted by Gasteiger charge is -2.25. The molecule has 1 unspecified atom stereocenters. The Kier molecular flexibility index (Phi) is 7.24. The zero-order chi connectivity index (χ0) is 18.6. The molecule has 1 N–H and O–H groups in total. The van der Waals surface area contributed by atoms with Crippen LogP contribution in [0.15, 0.2) is 21.5 Å². The average Bonchev–Trinajstić information content (AvgIpc) is 2.96. The number of methoxy groups -OCH3 is 2. The van der Waals surface area contributed by atoms with Gasteiger partial charge in [-0.15, -0.1) is 0 Å². The predicted molar refractivity (Wildman–Crippen MR) is 99.4 cm³/mol. The Balaban J connectivity index is 2.42. The molecule has 1 heterocycles. The van der Waals surface area contributed by atoms with Crippen molar-refractivity contribution in [1.29, 1.82) is 0 Å². The minimum absolute atomic E-state index is 0.186. The Labute approximate surface area is 157 Å². The van der Waals surface area contributed by atoms with Crippen molar-refractivity contribution in [2.24, 2.45) is 0 Å². The van der Waals surface area contributed by atoms with E-state index in [1.165, 1.54) is 18.5 Å². The number of fused-ring (bicyclic) bond motifs is 1. The third-order valence-corrected chi connectivity index (χ3v) is 7.08. The second-order valence-corrected chi connectivity index (χ2v) is 8.64. The molecule has 0 bridgehead atoms. The van der Waals surface area contributed by atoms with Crippen LogP contribution in [0.3, 0.4) is 0 Å². The molecule has 1 aromatic rings. The van der Waals surface area contributed by atoms with Crippen LogP contribution in [0.4, 0.5) is 5.69 Å². The van der Waals surface area contributed by atoms with Crippen molar-refractivity contribution < 1.29 is 23.0 Å². The number of halogens is 1. The maximum Gasteiger partial charge on any atom is 0.244 e. The van der Waals surface area contributed by atoms with Gasteiger partial charge in [-0.25, -0.2) is 8.42 Å². The summed E-state index contributed by atoms with van der Waals surface area (Å²) in [5.74, 6) is 0. The Morgan fingerprint density at radius 2 is 1.88 bits per heavy atom. The topological polar surface area (TPSA) is 79.3 Å². The number of aliphatic hydroxyl groups excluding tert-OH is 1. The highest BCUT2D eigenvalue weighted by molar-refractivity contribution is 9.10. The quantitative estimate of drug-likeness (QED) is 0.630. The summed E-state index contributed by atoms with van der Waals surface area (Å²) in [6, 6.07) is 3.47. The normalized spacial score (nSPS) is 15.7. The van der Waals surface area contributed by atoms with Crippen LogP contribution >= 0.6 is 15.9 Å². The van der Waals surface area contributed by atoms with Crippen LogP contribution in [0.5, 0.6) is 0 Å². The second-order valence-electron chi connectivity index (χ2n) is 5.88. The number of aliphatic hydroxyl groups is 1. The van der Waals surface area contributed by atoms with E-state index in [4.69, 9.17) is 9.47 Å². The van der Waals surface area contributed by atoms with Crippen LogP contribution in [0.2, 0.25) is 0 Å². The summed E-state index contributed by atoms with van der Waals surface area (Å²) in [5, 5.41) is 9.92. The van der Waals surface area contributed by atoms with Crippen molar-refractivity contribution >= 4 is 31.6 Å². The van der Waals surface area contributed by atoms with E-state index >= 15 is 0 Å². The second kappa shape index (κ2) is 8.79. The fraction of sp³-hybridized carbons (Fsp3) is 0.625. The number of rotatable bonds is 9. The fourth-order valence-electron chi connectivity index (χ4n) is 2.88. The van der Waals surface area contributed by atoms with Gasteiger partial charge in [-0.3, -0.25) is 0 Å². The molecule has 0 amide bonds. The molecule has 0 aromatic heterocycles. The van der Waals surface area contributed by atoms with Gasteiger partial charge in [0.15, 0.2) is 0 Å². The van der Waals surface area contributed by atoms with Gasteiger partial charge >= 0.3 is 0 Å². The highest BCUT2D eigenvalue weighted by Crippen LogP contribution is 2.37. The first-order valence-corrected chi connectivity index (χ1v) is 10.3. The molecule has 2 rings (SSSR count). The van der Waals surface area contributed by atoms with Crippen molar-refractivity contribution in [1.82, 2.24) is 4.31 Å². The summed E-state index contributed by atoms with van der Waals surface area (Å²) >= 11 is 3.40. The van der Waals surface area contributed by atoms with Crippen LogP contribution in [-0.4, -0.2) is 71.1 Å². The Morgan fingerprint density at radius 3 is 2.40 bits per heavy atom. The van der Waals surface area contributed by atoms with Crippen molar-refractivity contribution in [2.75, 3.05) is 52.0 Å². The van der Waals surface area contributed by atoms with E-state index in [0.717, 1.165) is 17.7 Å². The van der Waals surface area contributed by atoms with Gasteiger partial charge in [0.2, 0.25) is 10.0 Å². The number of ether oxygens (including phenoxy) is 2. The van der Waals surface area contributed by atoms with Crippen molar-refractivity contribution in [3.8, 4) is 0 Å². The summed E-state index contributed by atoms with van der Waals surface area (Å²) < 4.78 is 38.2. The van der Waals surface area contributed by atoms with Gasteiger partial charge in [-0.1, -0.05) is 0 Å². The number of sulfonamides is 1. The molecular formula is C16H25BrN2O5S. The zero-order valence-corrected chi connectivity index (χ0v) is 17.1. The van der Waals surface area contributed by atoms with E-state index in [0.29, 0.717) is 24.2 Å². The molecule has 1 aliphatic rings. The molecule has 1 aromatic carbocycles. The number of anilines is 1. The van der Waals surface area contributed by atoms with Gasteiger partial charge in [0.25, 0.3) is 0 Å². The summed E-state index contributed by atoms with van der Waals surface area (Å²) in [4.78, 5) is 1.99. The molecule has 7 nitrogen and oxygen atoms in total. The summed E-state index contributed by atoms with van der Waals surface area (Å²) in [7, 11) is -0.659. The van der Waals surface area contributed by atoms with Gasteiger partial charge in [-0.2, -0.15) is 4.31 Å². The van der Waals surface area contributed by atoms with Crippen LogP contribution in [0.1, 0.15) is 12.5 Å². The highest BCUT2D eigenvalue weighted by Gasteiger charge is 2.30. The van der Waals surface area contributed by atoms with Crippen molar-refractivity contribution in [3.63, 3.8) is 0 Å². The molecule has 142 valence electrons. The molecule has 0 radical (unpaired) electrons. The molecule has 0 saturated carbocycles. The number of nitrogens with zero attached hydrogens (tertiary/aromatic N) is 2. The monoisotopic (exact) mass is 436 g/mol. The lowest BCUT2D eigenvalue weighted by molar-refractivity contribution is 0.150. The van der Waals surface area contributed by atoms with Gasteiger partial charge in [0.05, 0.1) is 18.1 Å². The summed E-state index contributed by atoms with van der Waals surface area (Å²) in [6.07, 6.45) is 0.104. The first kappa shape index (κ1) is 20.6. The molecule has 1 atom stereocenters. The van der Waals surface area contributed by atoms with Crippen LogP contribution in [0, 0.1) is 0 Å². The smallest absolute Gasteiger partial charge is 0.244 e. The van der Waals surface area contributed by atoms with Gasteiger partial charge in [-0.05, 0) is 47.0 Å². The maximum atomic E-state index is 13.1. The molecule has 0 spiro atoms. The summed E-state index contributed by atoms with van der Waals surface area (Å²) in [6.45, 7) is 3.42. The maximum absolute atomic E-state index is 13.1. The van der Waals surface area contributed by atoms with Crippen LogP contribution in [-0.2, 0) is 25.9 Å². The van der Waals surface area contributed by atoms with Gasteiger partial charge in [0.1, 0.15) is 6.23 Å². The summed E-state index contributed by atoms with van der Waals surface area (Å²) in [5.41, 5.74) is 1.78.